The third kappa shape index (κ3) is 2.03. The summed E-state index contributed by atoms with van der Waals surface area (Å²) in [6.45, 7) is 0. The van der Waals surface area contributed by atoms with Gasteiger partial charge in [-0.25, -0.2) is 4.39 Å². The predicted molar refractivity (Wildman–Crippen MR) is 75.2 cm³/mol. The van der Waals surface area contributed by atoms with Gasteiger partial charge >= 0.3 is 0 Å². The molecule has 2 aromatic carbocycles. The Kier molecular flexibility index (Phi) is 3.08. The molecule has 3 rings (SSSR count). The smallest absolute Gasteiger partial charge is 0.147 e. The Labute approximate surface area is 114 Å². The molecule has 1 aliphatic carbocycles. The fraction of sp³-hybridized carbons (Fsp3) is 0.200. The zero-order valence-corrected chi connectivity index (χ0v) is 11.4. The number of halogens is 2. The van der Waals surface area contributed by atoms with Crippen LogP contribution in [0.1, 0.15) is 23.6 Å². The summed E-state index contributed by atoms with van der Waals surface area (Å²) in [5.74, 6) is -0.214. The minimum absolute atomic E-state index is 0.203. The van der Waals surface area contributed by atoms with Crippen LogP contribution in [0.5, 0.6) is 0 Å². The van der Waals surface area contributed by atoms with E-state index in [9.17, 15) is 4.39 Å². The van der Waals surface area contributed by atoms with Gasteiger partial charge in [0.1, 0.15) is 5.82 Å². The molecule has 0 saturated carbocycles. The van der Waals surface area contributed by atoms with E-state index in [1.165, 1.54) is 17.2 Å². The Bertz CT molecular complexity index is 562. The third-order valence-corrected chi connectivity index (χ3v) is 4.08. The lowest BCUT2D eigenvalue weighted by Gasteiger charge is -2.17. The van der Waals surface area contributed by atoms with Crippen molar-refractivity contribution in [3.8, 4) is 0 Å². The molecule has 1 N–H and O–H groups in total. The van der Waals surface area contributed by atoms with Crippen LogP contribution in [-0.4, -0.2) is 0 Å². The van der Waals surface area contributed by atoms with E-state index in [-0.39, 0.29) is 11.9 Å². The second kappa shape index (κ2) is 4.73. The van der Waals surface area contributed by atoms with E-state index in [0.717, 1.165) is 17.3 Å². The molecule has 1 aliphatic rings. The minimum atomic E-state index is -0.214. The van der Waals surface area contributed by atoms with Crippen LogP contribution >= 0.6 is 15.9 Å². The first-order valence-corrected chi connectivity index (χ1v) is 6.83. The fourth-order valence-electron chi connectivity index (χ4n) is 2.52. The van der Waals surface area contributed by atoms with Crippen molar-refractivity contribution < 1.29 is 4.39 Å². The zero-order chi connectivity index (χ0) is 12.5. The van der Waals surface area contributed by atoms with Crippen LogP contribution in [0.3, 0.4) is 0 Å². The van der Waals surface area contributed by atoms with Crippen LogP contribution in [0.2, 0.25) is 0 Å². The van der Waals surface area contributed by atoms with Gasteiger partial charge in [0, 0.05) is 4.47 Å². The van der Waals surface area contributed by atoms with E-state index in [2.05, 4.69) is 39.4 Å². The van der Waals surface area contributed by atoms with Crippen molar-refractivity contribution in [3.63, 3.8) is 0 Å². The zero-order valence-electron chi connectivity index (χ0n) is 9.79. The lowest BCUT2D eigenvalue weighted by Crippen LogP contribution is -2.08. The monoisotopic (exact) mass is 305 g/mol. The molecule has 1 unspecified atom stereocenters. The number of nitrogens with one attached hydrogen (secondary N) is 1. The maximum Gasteiger partial charge on any atom is 0.147 e. The number of para-hydroxylation sites is 1. The third-order valence-electron chi connectivity index (χ3n) is 3.41. The summed E-state index contributed by atoms with van der Waals surface area (Å²) in [4.78, 5) is 0. The SMILES string of the molecule is Fc1cccc(Br)c1NC1CCc2ccccc21. The maximum atomic E-state index is 13.8. The van der Waals surface area contributed by atoms with Crippen molar-refractivity contribution in [2.75, 3.05) is 5.32 Å². The van der Waals surface area contributed by atoms with Crippen LogP contribution in [0.4, 0.5) is 10.1 Å². The molecular formula is C15H13BrFN. The topological polar surface area (TPSA) is 12.0 Å². The van der Waals surface area contributed by atoms with E-state index in [1.54, 1.807) is 6.07 Å². The summed E-state index contributed by atoms with van der Waals surface area (Å²) in [6, 6.07) is 13.6. The number of fused-ring (bicyclic) bond motifs is 1. The summed E-state index contributed by atoms with van der Waals surface area (Å²) < 4.78 is 14.6. The Morgan fingerprint density at radius 1 is 1.11 bits per heavy atom. The number of anilines is 1. The first-order chi connectivity index (χ1) is 8.75. The average molecular weight is 306 g/mol. The van der Waals surface area contributed by atoms with Gasteiger partial charge in [0.15, 0.2) is 0 Å². The highest BCUT2D eigenvalue weighted by atomic mass is 79.9. The average Bonchev–Trinajstić information content (AvgIpc) is 2.77. The number of rotatable bonds is 2. The fourth-order valence-corrected chi connectivity index (χ4v) is 2.97. The van der Waals surface area contributed by atoms with E-state index in [4.69, 9.17) is 0 Å². The molecule has 0 heterocycles. The molecule has 0 fully saturated rings. The molecule has 0 saturated heterocycles. The molecular weight excluding hydrogens is 293 g/mol. The number of hydrogen-bond donors (Lipinski definition) is 1. The molecule has 0 aliphatic heterocycles. The van der Waals surface area contributed by atoms with Gasteiger partial charge in [0.2, 0.25) is 0 Å². The van der Waals surface area contributed by atoms with Gasteiger partial charge in [-0.2, -0.15) is 0 Å². The predicted octanol–water partition coefficient (Wildman–Crippen LogP) is 4.69. The van der Waals surface area contributed by atoms with Crippen molar-refractivity contribution in [1.82, 2.24) is 0 Å². The Hall–Kier alpha value is -1.35. The second-order valence-corrected chi connectivity index (χ2v) is 5.39. The van der Waals surface area contributed by atoms with Crippen molar-refractivity contribution in [1.29, 1.82) is 0 Å². The normalized spacial score (nSPS) is 17.6. The molecule has 92 valence electrons. The van der Waals surface area contributed by atoms with Crippen molar-refractivity contribution in [3.05, 3.63) is 63.9 Å². The minimum Gasteiger partial charge on any atom is -0.375 e. The maximum absolute atomic E-state index is 13.8. The highest BCUT2D eigenvalue weighted by molar-refractivity contribution is 9.10. The van der Waals surface area contributed by atoms with E-state index in [1.807, 2.05) is 12.1 Å². The molecule has 1 nitrogen and oxygen atoms in total. The van der Waals surface area contributed by atoms with Crippen LogP contribution in [-0.2, 0) is 6.42 Å². The van der Waals surface area contributed by atoms with E-state index >= 15 is 0 Å². The first kappa shape index (κ1) is 11.7. The number of benzene rings is 2. The molecule has 0 spiro atoms. The van der Waals surface area contributed by atoms with Gasteiger partial charge < -0.3 is 5.32 Å². The van der Waals surface area contributed by atoms with Crippen molar-refractivity contribution >= 4 is 21.6 Å². The summed E-state index contributed by atoms with van der Waals surface area (Å²) in [7, 11) is 0. The van der Waals surface area contributed by atoms with Crippen LogP contribution in [0.15, 0.2) is 46.9 Å². The molecule has 0 bridgehead atoms. The quantitative estimate of drug-likeness (QED) is 0.849. The summed E-state index contributed by atoms with van der Waals surface area (Å²) >= 11 is 3.39. The summed E-state index contributed by atoms with van der Waals surface area (Å²) in [5.41, 5.74) is 3.20. The molecule has 18 heavy (non-hydrogen) atoms. The highest BCUT2D eigenvalue weighted by Crippen LogP contribution is 2.36. The Morgan fingerprint density at radius 3 is 2.78 bits per heavy atom. The van der Waals surface area contributed by atoms with Gasteiger partial charge in [0.05, 0.1) is 11.7 Å². The standard InChI is InChI=1S/C15H13BrFN/c16-12-6-3-7-13(17)15(12)18-14-9-8-10-4-1-2-5-11(10)14/h1-7,14,18H,8-9H2. The molecule has 3 heteroatoms. The largest absolute Gasteiger partial charge is 0.375 e. The molecule has 2 aromatic rings. The number of aryl methyl sites for hydroxylation is 1. The number of hydrogen-bond acceptors (Lipinski definition) is 1. The Morgan fingerprint density at radius 2 is 1.94 bits per heavy atom. The van der Waals surface area contributed by atoms with Crippen LogP contribution in [0.25, 0.3) is 0 Å². The summed E-state index contributed by atoms with van der Waals surface area (Å²) in [6.07, 6.45) is 2.07. The molecule has 0 amide bonds. The van der Waals surface area contributed by atoms with Gasteiger partial charge in [-0.05, 0) is 52.0 Å². The van der Waals surface area contributed by atoms with Gasteiger partial charge in [-0.15, -0.1) is 0 Å². The molecule has 0 aromatic heterocycles. The van der Waals surface area contributed by atoms with Crippen molar-refractivity contribution in [2.24, 2.45) is 0 Å². The van der Waals surface area contributed by atoms with Crippen LogP contribution in [0, 0.1) is 5.82 Å². The highest BCUT2D eigenvalue weighted by Gasteiger charge is 2.23. The van der Waals surface area contributed by atoms with Gasteiger partial charge in [0.25, 0.3) is 0 Å². The second-order valence-electron chi connectivity index (χ2n) is 4.53. The Balaban J connectivity index is 1.91. The van der Waals surface area contributed by atoms with Gasteiger partial charge in [-0.1, -0.05) is 30.3 Å². The lowest BCUT2D eigenvalue weighted by molar-refractivity contribution is 0.624. The van der Waals surface area contributed by atoms with Crippen LogP contribution < -0.4 is 5.32 Å². The van der Waals surface area contributed by atoms with E-state index < -0.39 is 0 Å². The molecule has 0 radical (unpaired) electrons. The summed E-state index contributed by atoms with van der Waals surface area (Å²) in [5, 5.41) is 3.31. The van der Waals surface area contributed by atoms with Gasteiger partial charge in [-0.3, -0.25) is 0 Å². The molecule has 1 atom stereocenters. The van der Waals surface area contributed by atoms with Crippen molar-refractivity contribution in [2.45, 2.75) is 18.9 Å². The van der Waals surface area contributed by atoms with E-state index in [0.29, 0.717) is 5.69 Å². The first-order valence-electron chi connectivity index (χ1n) is 6.04. The lowest BCUT2D eigenvalue weighted by atomic mass is 10.1.